The van der Waals surface area contributed by atoms with Gasteiger partial charge in [0.2, 0.25) is 5.95 Å². The van der Waals surface area contributed by atoms with Crippen LogP contribution in [0, 0.1) is 0 Å². The maximum atomic E-state index is 12.3. The van der Waals surface area contributed by atoms with E-state index in [9.17, 15) is 9.90 Å². The predicted molar refractivity (Wildman–Crippen MR) is 173 cm³/mol. The largest absolute Gasteiger partial charge is 0.392 e. The van der Waals surface area contributed by atoms with Gasteiger partial charge in [-0.05, 0) is 41.8 Å². The molecule has 0 saturated carbocycles. The summed E-state index contributed by atoms with van der Waals surface area (Å²) in [5, 5.41) is 15.4. The van der Waals surface area contributed by atoms with Crippen LogP contribution in [0.3, 0.4) is 0 Å². The van der Waals surface area contributed by atoms with Gasteiger partial charge in [-0.15, -0.1) is 0 Å². The van der Waals surface area contributed by atoms with Gasteiger partial charge in [-0.25, -0.2) is 14.8 Å². The molecule has 4 aromatic rings. The van der Waals surface area contributed by atoms with Crippen LogP contribution in [0.2, 0.25) is 0 Å². The molecule has 0 bridgehead atoms. The number of carbonyl (C=O) groups excluding carboxylic acids is 1. The Morgan fingerprint density at radius 3 is 2.31 bits per heavy atom. The molecule has 234 valence electrons. The highest BCUT2D eigenvalue weighted by Gasteiger charge is 2.43. The third-order valence-electron chi connectivity index (χ3n) is 8.37. The lowest BCUT2D eigenvalue weighted by Gasteiger charge is -2.45. The van der Waals surface area contributed by atoms with Crippen LogP contribution in [0.15, 0.2) is 97.3 Å². The summed E-state index contributed by atoms with van der Waals surface area (Å²) in [6.07, 6.45) is 2.38. The molecule has 2 fully saturated rings. The fourth-order valence-electron chi connectivity index (χ4n) is 6.10. The lowest BCUT2D eigenvalue weighted by Crippen LogP contribution is -2.51. The molecule has 2 aliphatic heterocycles. The minimum absolute atomic E-state index is 0.0202. The normalized spacial score (nSPS) is 22.1. The van der Waals surface area contributed by atoms with Gasteiger partial charge < -0.3 is 30.1 Å². The summed E-state index contributed by atoms with van der Waals surface area (Å²) >= 11 is 0. The van der Waals surface area contributed by atoms with E-state index < -0.39 is 6.29 Å². The summed E-state index contributed by atoms with van der Waals surface area (Å²) in [5.74, 6) is 0.670. The standard InChI is InChI=1S/C35H40N6O4/c1-2-36-35(43)39-29-11-6-10-28(22-29)33-44-30(23-40-18-20-41(21-19-40)34-37-16-7-17-38-34)31(26-8-4-3-5-9-26)32(45-33)27-14-12-25(24-42)13-15-27/h3-17,22,30-33,42H,2,18-21,23-24H2,1H3,(H2,36,39,43). The predicted octanol–water partition coefficient (Wildman–Crippen LogP) is 4.87. The number of aliphatic hydroxyl groups is 1. The molecule has 3 heterocycles. The van der Waals surface area contributed by atoms with Crippen LogP contribution in [0.5, 0.6) is 0 Å². The third kappa shape index (κ3) is 7.49. The fraction of sp³-hybridized carbons (Fsp3) is 0.343. The van der Waals surface area contributed by atoms with Crippen LogP contribution in [0.25, 0.3) is 0 Å². The highest BCUT2D eigenvalue weighted by atomic mass is 16.7. The second kappa shape index (κ2) is 14.6. The first-order valence-electron chi connectivity index (χ1n) is 15.6. The summed E-state index contributed by atoms with van der Waals surface area (Å²) in [7, 11) is 0. The van der Waals surface area contributed by atoms with Crippen LogP contribution >= 0.6 is 0 Å². The van der Waals surface area contributed by atoms with Crippen LogP contribution < -0.4 is 15.5 Å². The van der Waals surface area contributed by atoms with Gasteiger partial charge in [-0.3, -0.25) is 4.90 Å². The van der Waals surface area contributed by atoms with E-state index in [1.807, 2.05) is 67.6 Å². The molecule has 2 aliphatic rings. The van der Waals surface area contributed by atoms with Crippen LogP contribution in [-0.2, 0) is 16.1 Å². The Morgan fingerprint density at radius 2 is 1.60 bits per heavy atom. The van der Waals surface area contributed by atoms with Crippen molar-refractivity contribution in [2.45, 2.75) is 37.9 Å². The van der Waals surface area contributed by atoms with E-state index in [2.05, 4.69) is 54.7 Å². The molecule has 3 N–H and O–H groups in total. The summed E-state index contributed by atoms with van der Waals surface area (Å²) in [6.45, 7) is 6.47. The van der Waals surface area contributed by atoms with Crippen molar-refractivity contribution < 1.29 is 19.4 Å². The molecular formula is C35H40N6O4. The number of urea groups is 1. The highest BCUT2D eigenvalue weighted by Crippen LogP contribution is 2.47. The van der Waals surface area contributed by atoms with Crippen molar-refractivity contribution in [2.24, 2.45) is 0 Å². The van der Waals surface area contributed by atoms with Gasteiger partial charge in [0, 0.05) is 68.8 Å². The van der Waals surface area contributed by atoms with E-state index in [0.717, 1.165) is 54.4 Å². The second-order valence-electron chi connectivity index (χ2n) is 11.3. The van der Waals surface area contributed by atoms with Gasteiger partial charge in [0.25, 0.3) is 0 Å². The number of hydrogen-bond donors (Lipinski definition) is 3. The lowest BCUT2D eigenvalue weighted by molar-refractivity contribution is -0.263. The number of aromatic nitrogens is 2. The number of rotatable bonds is 9. The molecule has 10 nitrogen and oxygen atoms in total. The molecule has 0 spiro atoms. The van der Waals surface area contributed by atoms with Crippen molar-refractivity contribution in [2.75, 3.05) is 49.5 Å². The average Bonchev–Trinajstić information content (AvgIpc) is 3.09. The average molecular weight is 609 g/mol. The van der Waals surface area contributed by atoms with Crippen molar-refractivity contribution in [3.05, 3.63) is 120 Å². The molecule has 45 heavy (non-hydrogen) atoms. The van der Waals surface area contributed by atoms with Crippen molar-refractivity contribution in [1.29, 1.82) is 0 Å². The highest BCUT2D eigenvalue weighted by molar-refractivity contribution is 5.89. The van der Waals surface area contributed by atoms with Gasteiger partial charge >= 0.3 is 6.03 Å². The number of nitrogens with zero attached hydrogens (tertiary/aromatic N) is 4. The van der Waals surface area contributed by atoms with Gasteiger partial charge in [0.1, 0.15) is 0 Å². The topological polar surface area (TPSA) is 112 Å². The molecule has 4 atom stereocenters. The van der Waals surface area contributed by atoms with Crippen molar-refractivity contribution in [1.82, 2.24) is 20.2 Å². The SMILES string of the molecule is CCNC(=O)Nc1cccc(C2OC(CN3CCN(c4ncccn4)CC3)C(c3ccccc3)C(c3ccc(CO)cc3)O2)c1. The third-order valence-corrected chi connectivity index (χ3v) is 8.37. The maximum absolute atomic E-state index is 12.3. The summed E-state index contributed by atoms with van der Waals surface area (Å²) in [4.78, 5) is 25.8. The zero-order chi connectivity index (χ0) is 31.0. The molecule has 6 rings (SSSR count). The summed E-state index contributed by atoms with van der Waals surface area (Å²) in [6, 6.07) is 27.6. The first-order valence-corrected chi connectivity index (χ1v) is 15.6. The zero-order valence-electron chi connectivity index (χ0n) is 25.5. The zero-order valence-corrected chi connectivity index (χ0v) is 25.5. The molecule has 0 aliphatic carbocycles. The van der Waals surface area contributed by atoms with Gasteiger partial charge in [0.15, 0.2) is 6.29 Å². The minimum atomic E-state index is -0.660. The molecule has 10 heteroatoms. The molecule has 2 saturated heterocycles. The van der Waals surface area contributed by atoms with Gasteiger partial charge in [-0.1, -0.05) is 66.7 Å². The molecule has 3 aromatic carbocycles. The molecule has 2 amide bonds. The Hall–Kier alpha value is -4.35. The quantitative estimate of drug-likeness (QED) is 0.247. The number of piperazine rings is 1. The molecule has 0 radical (unpaired) electrons. The maximum Gasteiger partial charge on any atom is 0.319 e. The first kappa shape index (κ1) is 30.7. The van der Waals surface area contributed by atoms with Crippen molar-refractivity contribution in [3.63, 3.8) is 0 Å². The van der Waals surface area contributed by atoms with E-state index in [-0.39, 0.29) is 30.8 Å². The Bertz CT molecular complexity index is 1520. The van der Waals surface area contributed by atoms with E-state index in [4.69, 9.17) is 9.47 Å². The number of amides is 2. The van der Waals surface area contributed by atoms with E-state index in [0.29, 0.717) is 18.8 Å². The van der Waals surface area contributed by atoms with E-state index in [1.165, 1.54) is 0 Å². The second-order valence-corrected chi connectivity index (χ2v) is 11.3. The monoisotopic (exact) mass is 608 g/mol. The Balaban J connectivity index is 1.30. The number of ether oxygens (including phenoxy) is 2. The number of hydrogen-bond acceptors (Lipinski definition) is 8. The number of aliphatic hydroxyl groups excluding tert-OH is 1. The fourth-order valence-corrected chi connectivity index (χ4v) is 6.10. The van der Waals surface area contributed by atoms with Gasteiger partial charge in [0.05, 0.1) is 18.8 Å². The summed E-state index contributed by atoms with van der Waals surface area (Å²) < 4.78 is 13.7. The van der Waals surface area contributed by atoms with Crippen LogP contribution in [-0.4, -0.2) is 71.4 Å². The lowest BCUT2D eigenvalue weighted by atomic mass is 9.83. The number of benzene rings is 3. The summed E-state index contributed by atoms with van der Waals surface area (Å²) in [5.41, 5.74) is 4.49. The van der Waals surface area contributed by atoms with Crippen molar-refractivity contribution in [3.8, 4) is 0 Å². The Labute approximate surface area is 264 Å². The number of anilines is 2. The smallest absolute Gasteiger partial charge is 0.319 e. The van der Waals surface area contributed by atoms with Crippen LogP contribution in [0.4, 0.5) is 16.4 Å². The van der Waals surface area contributed by atoms with E-state index in [1.54, 1.807) is 12.4 Å². The molecule has 4 unspecified atom stereocenters. The first-order chi connectivity index (χ1) is 22.1. The Morgan fingerprint density at radius 1 is 0.867 bits per heavy atom. The van der Waals surface area contributed by atoms with Crippen LogP contribution in [0.1, 0.15) is 47.5 Å². The van der Waals surface area contributed by atoms with Crippen molar-refractivity contribution >= 4 is 17.7 Å². The van der Waals surface area contributed by atoms with E-state index >= 15 is 0 Å². The molecular weight excluding hydrogens is 568 g/mol. The van der Waals surface area contributed by atoms with Gasteiger partial charge in [-0.2, -0.15) is 0 Å². The number of carbonyl (C=O) groups is 1. The number of nitrogens with one attached hydrogen (secondary N) is 2. The molecule has 1 aromatic heterocycles. The Kier molecular flexibility index (Phi) is 9.96. The minimum Gasteiger partial charge on any atom is -0.392 e.